The van der Waals surface area contributed by atoms with Gasteiger partial charge in [0.25, 0.3) is 0 Å². The molecule has 2 heteroatoms. The van der Waals surface area contributed by atoms with Crippen molar-refractivity contribution >= 4 is 6.29 Å². The maximum atomic E-state index is 12.8. The summed E-state index contributed by atoms with van der Waals surface area (Å²) in [6.45, 7) is 1.70. The monoisotopic (exact) mass is 166 g/mol. The van der Waals surface area contributed by atoms with Crippen LogP contribution in [0.25, 0.3) is 0 Å². The highest BCUT2D eigenvalue weighted by atomic mass is 19.1. The van der Waals surface area contributed by atoms with E-state index in [1.807, 2.05) is 30.3 Å². The third kappa shape index (κ3) is 1.91. The number of alkyl halides is 1. The molecule has 0 saturated heterocycles. The first-order valence-corrected chi connectivity index (χ1v) is 3.90. The Hall–Kier alpha value is -1.18. The fraction of sp³-hybridized carbons (Fsp3) is 0.300. The largest absolute Gasteiger partial charge is 0.300 e. The topological polar surface area (TPSA) is 17.1 Å². The molecule has 64 valence electrons. The minimum atomic E-state index is -1.40. The van der Waals surface area contributed by atoms with Crippen LogP contribution in [-0.2, 0) is 4.79 Å². The van der Waals surface area contributed by atoms with Crippen molar-refractivity contribution in [2.45, 2.75) is 19.0 Å². The number of benzene rings is 1. The molecule has 0 fully saturated rings. The van der Waals surface area contributed by atoms with Crippen LogP contribution in [0.5, 0.6) is 0 Å². The molecule has 0 aliphatic rings. The molecule has 0 aliphatic heterocycles. The van der Waals surface area contributed by atoms with E-state index >= 15 is 0 Å². The maximum absolute atomic E-state index is 12.8. The standard InChI is InChI=1S/C10H11FO/c1-8(10(11)7-12)9-5-3-2-4-6-9/h2-8,10H,1H3/t8-,10+/m1/s1. The summed E-state index contributed by atoms with van der Waals surface area (Å²) in [5.74, 6) is -0.344. The number of rotatable bonds is 3. The van der Waals surface area contributed by atoms with E-state index < -0.39 is 6.17 Å². The van der Waals surface area contributed by atoms with Gasteiger partial charge in [-0.1, -0.05) is 37.3 Å². The number of aldehydes is 1. The SMILES string of the molecule is C[C@H](c1ccccc1)[C@@H](F)C=O. The number of hydrogen-bond donors (Lipinski definition) is 0. The zero-order valence-corrected chi connectivity index (χ0v) is 6.91. The third-order valence-electron chi connectivity index (χ3n) is 1.93. The van der Waals surface area contributed by atoms with E-state index in [4.69, 9.17) is 0 Å². The van der Waals surface area contributed by atoms with Crippen molar-refractivity contribution in [1.29, 1.82) is 0 Å². The molecule has 0 heterocycles. The van der Waals surface area contributed by atoms with Crippen LogP contribution >= 0.6 is 0 Å². The molecule has 0 spiro atoms. The highest BCUT2D eigenvalue weighted by molar-refractivity contribution is 5.58. The predicted octanol–water partition coefficient (Wildman–Crippen LogP) is 2.33. The first kappa shape index (κ1) is 8.91. The van der Waals surface area contributed by atoms with Crippen molar-refractivity contribution in [3.05, 3.63) is 35.9 Å². The molecule has 1 aromatic carbocycles. The highest BCUT2D eigenvalue weighted by Gasteiger charge is 2.16. The van der Waals surface area contributed by atoms with Crippen molar-refractivity contribution in [2.24, 2.45) is 0 Å². The molecule has 0 aliphatic carbocycles. The molecule has 0 aromatic heterocycles. The average Bonchev–Trinajstić information content (AvgIpc) is 2.17. The third-order valence-corrected chi connectivity index (χ3v) is 1.93. The summed E-state index contributed by atoms with van der Waals surface area (Å²) in [5.41, 5.74) is 0.858. The van der Waals surface area contributed by atoms with Crippen LogP contribution in [0.3, 0.4) is 0 Å². The molecule has 12 heavy (non-hydrogen) atoms. The number of halogens is 1. The Morgan fingerprint density at radius 1 is 1.33 bits per heavy atom. The number of hydrogen-bond acceptors (Lipinski definition) is 1. The van der Waals surface area contributed by atoms with Gasteiger partial charge in [0.2, 0.25) is 0 Å². The van der Waals surface area contributed by atoms with Gasteiger partial charge >= 0.3 is 0 Å². The van der Waals surface area contributed by atoms with Crippen molar-refractivity contribution in [1.82, 2.24) is 0 Å². The summed E-state index contributed by atoms with van der Waals surface area (Å²) in [7, 11) is 0. The van der Waals surface area contributed by atoms with E-state index in [2.05, 4.69) is 0 Å². The molecule has 0 unspecified atom stereocenters. The van der Waals surface area contributed by atoms with Gasteiger partial charge in [-0.05, 0) is 5.56 Å². The van der Waals surface area contributed by atoms with Crippen LogP contribution in [0.1, 0.15) is 18.4 Å². The van der Waals surface area contributed by atoms with Crippen molar-refractivity contribution in [3.63, 3.8) is 0 Å². The minimum Gasteiger partial charge on any atom is -0.300 e. The van der Waals surface area contributed by atoms with Gasteiger partial charge in [0.15, 0.2) is 12.5 Å². The second-order valence-electron chi connectivity index (χ2n) is 2.78. The second-order valence-corrected chi connectivity index (χ2v) is 2.78. The Morgan fingerprint density at radius 3 is 2.42 bits per heavy atom. The smallest absolute Gasteiger partial charge is 0.162 e. The molecule has 0 radical (unpaired) electrons. The summed E-state index contributed by atoms with van der Waals surface area (Å²) in [6.07, 6.45) is -1.05. The Bertz CT molecular complexity index is 245. The lowest BCUT2D eigenvalue weighted by atomic mass is 9.97. The van der Waals surface area contributed by atoms with Crippen LogP contribution in [0.4, 0.5) is 4.39 Å². The summed E-state index contributed by atoms with van der Waals surface area (Å²) >= 11 is 0. The molecule has 0 saturated carbocycles. The van der Waals surface area contributed by atoms with Crippen LogP contribution in [0, 0.1) is 0 Å². The first-order valence-electron chi connectivity index (χ1n) is 3.90. The molecular formula is C10H11FO. The van der Waals surface area contributed by atoms with Crippen LogP contribution in [-0.4, -0.2) is 12.5 Å². The van der Waals surface area contributed by atoms with Gasteiger partial charge < -0.3 is 4.79 Å². The van der Waals surface area contributed by atoms with Gasteiger partial charge in [-0.25, -0.2) is 4.39 Å². The Balaban J connectivity index is 2.78. The van der Waals surface area contributed by atoms with Gasteiger partial charge in [0, 0.05) is 5.92 Å². The molecule has 0 N–H and O–H groups in total. The number of carbonyl (C=O) groups excluding carboxylic acids is 1. The van der Waals surface area contributed by atoms with Gasteiger partial charge in [0.05, 0.1) is 0 Å². The van der Waals surface area contributed by atoms with E-state index in [0.717, 1.165) is 5.56 Å². The first-order chi connectivity index (χ1) is 5.75. The Kier molecular flexibility index (Phi) is 2.97. The van der Waals surface area contributed by atoms with Crippen LogP contribution < -0.4 is 0 Å². The van der Waals surface area contributed by atoms with Gasteiger partial charge in [-0.3, -0.25) is 0 Å². The summed E-state index contributed by atoms with van der Waals surface area (Å²) in [4.78, 5) is 10.1. The fourth-order valence-electron chi connectivity index (χ4n) is 1.06. The van der Waals surface area contributed by atoms with Crippen LogP contribution in [0.15, 0.2) is 30.3 Å². The van der Waals surface area contributed by atoms with Crippen molar-refractivity contribution in [2.75, 3.05) is 0 Å². The Morgan fingerprint density at radius 2 is 1.92 bits per heavy atom. The minimum absolute atomic E-state index is 0.344. The Labute approximate surface area is 71.2 Å². The molecule has 2 atom stereocenters. The van der Waals surface area contributed by atoms with E-state index in [9.17, 15) is 9.18 Å². The van der Waals surface area contributed by atoms with Crippen molar-refractivity contribution in [3.8, 4) is 0 Å². The maximum Gasteiger partial charge on any atom is 0.162 e. The normalized spacial score (nSPS) is 15.2. The van der Waals surface area contributed by atoms with E-state index in [1.165, 1.54) is 0 Å². The fourth-order valence-corrected chi connectivity index (χ4v) is 1.06. The van der Waals surface area contributed by atoms with E-state index in [1.54, 1.807) is 6.92 Å². The lowest BCUT2D eigenvalue weighted by molar-refractivity contribution is -0.112. The van der Waals surface area contributed by atoms with Gasteiger partial charge in [0.1, 0.15) is 0 Å². The van der Waals surface area contributed by atoms with E-state index in [0.29, 0.717) is 6.29 Å². The lowest BCUT2D eigenvalue weighted by Gasteiger charge is -2.10. The summed E-state index contributed by atoms with van der Waals surface area (Å²) in [6, 6.07) is 9.18. The average molecular weight is 166 g/mol. The molecule has 1 aromatic rings. The second kappa shape index (κ2) is 4.00. The zero-order valence-electron chi connectivity index (χ0n) is 6.91. The zero-order chi connectivity index (χ0) is 8.97. The van der Waals surface area contributed by atoms with Crippen molar-refractivity contribution < 1.29 is 9.18 Å². The van der Waals surface area contributed by atoms with Gasteiger partial charge in [-0.15, -0.1) is 0 Å². The quantitative estimate of drug-likeness (QED) is 0.630. The summed E-state index contributed by atoms with van der Waals surface area (Å²) in [5, 5.41) is 0. The summed E-state index contributed by atoms with van der Waals surface area (Å²) < 4.78 is 12.8. The molecule has 0 amide bonds. The van der Waals surface area contributed by atoms with E-state index in [-0.39, 0.29) is 5.92 Å². The number of carbonyl (C=O) groups is 1. The molecular weight excluding hydrogens is 155 g/mol. The van der Waals surface area contributed by atoms with Gasteiger partial charge in [-0.2, -0.15) is 0 Å². The predicted molar refractivity (Wildman–Crippen MR) is 45.8 cm³/mol. The highest BCUT2D eigenvalue weighted by Crippen LogP contribution is 2.19. The molecule has 1 rings (SSSR count). The molecule has 1 nitrogen and oxygen atoms in total. The molecule has 0 bridgehead atoms. The van der Waals surface area contributed by atoms with Crippen LogP contribution in [0.2, 0.25) is 0 Å². The lowest BCUT2D eigenvalue weighted by Crippen LogP contribution is -2.11.